The van der Waals surface area contributed by atoms with Crippen LogP contribution in [0.15, 0.2) is 24.3 Å². The van der Waals surface area contributed by atoms with Gasteiger partial charge in [0.1, 0.15) is 0 Å². The van der Waals surface area contributed by atoms with E-state index in [-0.39, 0.29) is 0 Å². The Labute approximate surface area is 119 Å². The van der Waals surface area contributed by atoms with Gasteiger partial charge >= 0.3 is 6.03 Å². The van der Waals surface area contributed by atoms with Gasteiger partial charge in [-0.1, -0.05) is 0 Å². The number of urea groups is 1. The van der Waals surface area contributed by atoms with E-state index in [1.54, 1.807) is 0 Å². The van der Waals surface area contributed by atoms with E-state index in [1.807, 2.05) is 24.3 Å². The highest BCUT2D eigenvalue weighted by Crippen LogP contribution is 2.30. The lowest BCUT2D eigenvalue weighted by Crippen LogP contribution is -2.47. The smallest absolute Gasteiger partial charge is 0.316 e. The maximum Gasteiger partial charge on any atom is 0.316 e. The molecule has 5 nitrogen and oxygen atoms in total. The van der Waals surface area contributed by atoms with Crippen LogP contribution in [0.5, 0.6) is 0 Å². The molecule has 1 saturated heterocycles. The van der Waals surface area contributed by atoms with Gasteiger partial charge in [-0.2, -0.15) is 0 Å². The number of rotatable bonds is 4. The largest absolute Gasteiger partial charge is 0.369 e. The van der Waals surface area contributed by atoms with Crippen LogP contribution in [-0.2, 0) is 0 Å². The second-order valence-corrected chi connectivity index (χ2v) is 5.77. The molecule has 2 amide bonds. The molecule has 0 spiro atoms. The van der Waals surface area contributed by atoms with Gasteiger partial charge in [0.05, 0.1) is 0 Å². The van der Waals surface area contributed by atoms with Crippen molar-refractivity contribution in [3.05, 3.63) is 24.3 Å². The molecule has 1 aliphatic heterocycles. The molecular formula is C15H22N4O. The minimum Gasteiger partial charge on any atom is -0.369 e. The van der Waals surface area contributed by atoms with Gasteiger partial charge < -0.3 is 16.0 Å². The fourth-order valence-electron chi connectivity index (χ4n) is 2.75. The Hall–Kier alpha value is -1.75. The van der Waals surface area contributed by atoms with Gasteiger partial charge in [-0.15, -0.1) is 0 Å². The first-order valence-electron chi connectivity index (χ1n) is 7.34. The van der Waals surface area contributed by atoms with Gasteiger partial charge in [-0.3, -0.25) is 4.90 Å². The maximum atomic E-state index is 10.8. The number of nitrogens with two attached hydrogens (primary N) is 1. The Morgan fingerprint density at radius 2 is 1.80 bits per heavy atom. The first-order valence-corrected chi connectivity index (χ1v) is 7.34. The third-order valence-electron chi connectivity index (χ3n) is 4.09. The van der Waals surface area contributed by atoms with E-state index in [4.69, 9.17) is 5.73 Å². The molecule has 0 unspecified atom stereocenters. The molecule has 0 radical (unpaired) electrons. The van der Waals surface area contributed by atoms with E-state index in [0.717, 1.165) is 37.8 Å². The number of benzene rings is 1. The monoisotopic (exact) mass is 274 g/mol. The first-order chi connectivity index (χ1) is 9.70. The van der Waals surface area contributed by atoms with Crippen LogP contribution in [0.3, 0.4) is 0 Å². The summed E-state index contributed by atoms with van der Waals surface area (Å²) >= 11 is 0. The lowest BCUT2D eigenvalue weighted by Gasteiger charge is -2.36. The van der Waals surface area contributed by atoms with Gasteiger partial charge in [-0.25, -0.2) is 4.79 Å². The summed E-state index contributed by atoms with van der Waals surface area (Å²) < 4.78 is 0. The quantitative estimate of drug-likeness (QED) is 0.878. The van der Waals surface area contributed by atoms with Crippen molar-refractivity contribution in [1.82, 2.24) is 4.90 Å². The van der Waals surface area contributed by atoms with Gasteiger partial charge in [0.2, 0.25) is 0 Å². The van der Waals surface area contributed by atoms with Crippen molar-refractivity contribution in [3.63, 3.8) is 0 Å². The third kappa shape index (κ3) is 3.42. The van der Waals surface area contributed by atoms with E-state index >= 15 is 0 Å². The predicted octanol–water partition coefficient (Wildman–Crippen LogP) is 1.71. The summed E-state index contributed by atoms with van der Waals surface area (Å²) in [6, 6.07) is 7.36. The summed E-state index contributed by atoms with van der Waals surface area (Å²) in [4.78, 5) is 15.8. The molecule has 0 aromatic heterocycles. The Balaban J connectivity index is 1.53. The Morgan fingerprint density at radius 1 is 1.15 bits per heavy atom. The predicted molar refractivity (Wildman–Crippen MR) is 81.0 cm³/mol. The van der Waals surface area contributed by atoms with Crippen molar-refractivity contribution in [2.45, 2.75) is 12.8 Å². The molecule has 2 fully saturated rings. The van der Waals surface area contributed by atoms with Crippen molar-refractivity contribution >= 4 is 17.4 Å². The molecule has 0 bridgehead atoms. The molecular weight excluding hydrogens is 252 g/mol. The van der Waals surface area contributed by atoms with Gasteiger partial charge in [0.15, 0.2) is 0 Å². The highest BCUT2D eigenvalue weighted by Gasteiger charge is 2.26. The lowest BCUT2D eigenvalue weighted by atomic mass is 10.2. The molecule has 3 rings (SSSR count). The number of carbonyl (C=O) groups excluding carboxylic acids is 1. The normalized spacial score (nSPS) is 19.9. The van der Waals surface area contributed by atoms with Gasteiger partial charge in [0.25, 0.3) is 0 Å². The summed E-state index contributed by atoms with van der Waals surface area (Å²) in [5, 5.41) is 2.58. The number of primary amides is 1. The number of nitrogens with zero attached hydrogens (tertiary/aromatic N) is 2. The standard InChI is InChI=1S/C15H22N4O/c16-15(20)17-13-3-5-14(6-4-13)19-9-7-18(8-10-19)11-12-1-2-12/h3-6,12H,1-2,7-11H2,(H3,16,17,20). The van der Waals surface area contributed by atoms with Crippen molar-refractivity contribution in [1.29, 1.82) is 0 Å². The number of hydrogen-bond donors (Lipinski definition) is 2. The zero-order chi connectivity index (χ0) is 13.9. The summed E-state index contributed by atoms with van der Waals surface area (Å²) in [6.07, 6.45) is 2.85. The zero-order valence-corrected chi connectivity index (χ0v) is 11.7. The minimum atomic E-state index is -0.522. The molecule has 0 atom stereocenters. The fraction of sp³-hybridized carbons (Fsp3) is 0.533. The highest BCUT2D eigenvalue weighted by molar-refractivity contribution is 5.87. The summed E-state index contributed by atoms with van der Waals surface area (Å²) in [6.45, 7) is 5.75. The van der Waals surface area contributed by atoms with Crippen molar-refractivity contribution in [3.8, 4) is 0 Å². The van der Waals surface area contributed by atoms with Crippen LogP contribution < -0.4 is 16.0 Å². The summed E-state index contributed by atoms with van der Waals surface area (Å²) in [5.74, 6) is 0.973. The lowest BCUT2D eigenvalue weighted by molar-refractivity contribution is 0.248. The number of carbonyl (C=O) groups is 1. The highest BCUT2D eigenvalue weighted by atomic mass is 16.2. The minimum absolute atomic E-state index is 0.522. The van der Waals surface area contributed by atoms with Crippen LogP contribution in [0.1, 0.15) is 12.8 Å². The molecule has 108 valence electrons. The van der Waals surface area contributed by atoms with Crippen molar-refractivity contribution < 1.29 is 4.79 Å². The third-order valence-corrected chi connectivity index (χ3v) is 4.09. The Morgan fingerprint density at radius 3 is 2.35 bits per heavy atom. The molecule has 1 aromatic rings. The van der Waals surface area contributed by atoms with E-state index in [9.17, 15) is 4.79 Å². The van der Waals surface area contributed by atoms with Crippen LogP contribution >= 0.6 is 0 Å². The van der Waals surface area contributed by atoms with E-state index in [1.165, 1.54) is 25.1 Å². The molecule has 2 aliphatic rings. The molecule has 5 heteroatoms. The fourth-order valence-corrected chi connectivity index (χ4v) is 2.75. The van der Waals surface area contributed by atoms with Crippen LogP contribution in [0.25, 0.3) is 0 Å². The molecule has 1 heterocycles. The Bertz CT molecular complexity index is 461. The van der Waals surface area contributed by atoms with Crippen LogP contribution in [-0.4, -0.2) is 43.7 Å². The average Bonchev–Trinajstić information content (AvgIpc) is 3.24. The molecule has 1 aliphatic carbocycles. The molecule has 20 heavy (non-hydrogen) atoms. The van der Waals surface area contributed by atoms with Gasteiger partial charge in [-0.05, 0) is 43.0 Å². The number of piperazine rings is 1. The molecule has 1 aromatic carbocycles. The number of hydrogen-bond acceptors (Lipinski definition) is 3. The van der Waals surface area contributed by atoms with Crippen molar-refractivity contribution in [2.24, 2.45) is 11.7 Å². The average molecular weight is 274 g/mol. The Kier molecular flexibility index (Phi) is 3.78. The van der Waals surface area contributed by atoms with Crippen LogP contribution in [0.4, 0.5) is 16.2 Å². The van der Waals surface area contributed by atoms with Crippen LogP contribution in [0, 0.1) is 5.92 Å². The second-order valence-electron chi connectivity index (χ2n) is 5.77. The van der Waals surface area contributed by atoms with Crippen molar-refractivity contribution in [2.75, 3.05) is 42.9 Å². The van der Waals surface area contributed by atoms with Crippen LogP contribution in [0.2, 0.25) is 0 Å². The summed E-state index contributed by atoms with van der Waals surface area (Å²) in [7, 11) is 0. The SMILES string of the molecule is NC(=O)Nc1ccc(N2CCN(CC3CC3)CC2)cc1. The number of amides is 2. The second kappa shape index (κ2) is 5.71. The van der Waals surface area contributed by atoms with Gasteiger partial charge in [0, 0.05) is 44.1 Å². The number of nitrogens with one attached hydrogen (secondary N) is 1. The maximum absolute atomic E-state index is 10.8. The molecule has 3 N–H and O–H groups in total. The zero-order valence-electron chi connectivity index (χ0n) is 11.7. The van der Waals surface area contributed by atoms with E-state index < -0.39 is 6.03 Å². The van der Waals surface area contributed by atoms with E-state index in [2.05, 4.69) is 15.1 Å². The summed E-state index contributed by atoms with van der Waals surface area (Å²) in [5.41, 5.74) is 7.06. The topological polar surface area (TPSA) is 61.6 Å². The first kappa shape index (κ1) is 13.2. The number of anilines is 2. The van der Waals surface area contributed by atoms with E-state index in [0.29, 0.717) is 0 Å². The molecule has 1 saturated carbocycles.